The number of carbonyl (C=O) groups is 1. The van der Waals surface area contributed by atoms with Crippen molar-refractivity contribution in [3.63, 3.8) is 0 Å². The quantitative estimate of drug-likeness (QED) is 0.130. The van der Waals surface area contributed by atoms with Gasteiger partial charge < -0.3 is 28.9 Å². The van der Waals surface area contributed by atoms with Crippen LogP contribution in [0.25, 0.3) is 0 Å². The molecule has 0 aromatic heterocycles. The summed E-state index contributed by atoms with van der Waals surface area (Å²) in [5.74, 6) is -1.33. The van der Waals surface area contributed by atoms with Gasteiger partial charge in [-0.1, -0.05) is 19.8 Å². The summed E-state index contributed by atoms with van der Waals surface area (Å²) < 4.78 is 42.1. The molecule has 16 fully saturated rings. The number of piperazine rings is 9. The van der Waals surface area contributed by atoms with Gasteiger partial charge in [0, 0.05) is 352 Å². The molecule has 16 aliphatic rings. The molecule has 1 atom stereocenters. The van der Waals surface area contributed by atoms with Crippen LogP contribution in [-0.4, -0.2) is 496 Å². The predicted octanol–water partition coefficient (Wildman–Crippen LogP) is 13.2. The third-order valence-corrected chi connectivity index (χ3v) is 31.6. The number of hydrogen-bond acceptors (Lipinski definition) is 22. The molecule has 0 radical (unpaired) electrons. The standard InChI is InChI=1S/C13H24F2N2.C13H27N3.C12H24N2O2.C12H24N2O.C12H24N2.C11H22N2.C10H20N2O.C10H20N2.C10H22N2/c1-11(2)16-7-9-17(10-8-16)12-3-5-13(14,15)6-4-12;1-12(2)15-8-10-16(11-9-15)13-4-6-14(3)7-5-13;1-10(2)13-6-8-14(9-7-13)11(15)16-12(3,4)5;1-11(2)13-5-7-14(8-6-13)12-3-9-15-10-4-12;1-11(2)13-7-9-14(10-8-13)12-5-3-4-6-12;1-10(2)13-7-5-12(6-8-13)9-11-3-4-11;1-9(2)11-3-5-12(6-4-11)10-7-13-8-10;1-9(2)11-5-7-12(8-6-11)10-3-4-10;1-5-11-6-7-12(9(2)3)8-10(11)4/h11-12H,3-10H2,1-2H3;12-13H,4-11H2,1-3H3;10H,6-9H2,1-5H3;11-12H,3-10H2,1-2H3;11-12H,3-10H2,1-2H3;10-11H,3-9H2,1-2H3;9-10H,3-8H2,1-2H3;9-10H,3-8H2,1-2H3;9-10H,5-8H2,1-4H3. The smallest absolute Gasteiger partial charge is 0.410 e. The second kappa shape index (κ2) is 57.6. The van der Waals surface area contributed by atoms with Crippen molar-refractivity contribution in [1.82, 2.24) is 93.1 Å². The predicted molar refractivity (Wildman–Crippen MR) is 535 cm³/mol. The Morgan fingerprint density at radius 3 is 0.922 bits per heavy atom. The van der Waals surface area contributed by atoms with E-state index < -0.39 is 11.5 Å². The molecule has 752 valence electrons. The Hall–Kier alpha value is -1.67. The SMILES string of the molecule is CC(C)N1CCN(C(=O)OC(C)(C)C)CC1.CC(C)N1CCN(C2CC2)CC1.CC(C)N1CCN(C2CCC(F)(F)CC2)CC1.CC(C)N1CCN(C2CCCC2)CC1.CC(C)N1CCN(C2CCN(C)CC2)CC1.CC(C)N1CCN(C2CCOCC2)CC1.CC(C)N1CCN(C2COC2)CC1.CC(C)N1CCN(CC2CC2)CC1.CCN1CCN(C(C)C)CC1C. The number of piperidine rings is 1. The Balaban J connectivity index is 0.000000178. The first-order valence-electron chi connectivity index (χ1n) is 53.7. The molecule has 0 aromatic rings. The molecular formula is C103H207F2N19O4. The number of likely N-dealkylation sites (N-methyl/N-ethyl adjacent to an activating group) is 1. The van der Waals surface area contributed by atoms with E-state index in [0.717, 1.165) is 145 Å². The average molecular weight is 1810 g/mol. The molecule has 0 aromatic carbocycles. The van der Waals surface area contributed by atoms with Gasteiger partial charge in [-0.2, -0.15) is 0 Å². The van der Waals surface area contributed by atoms with Crippen molar-refractivity contribution in [3.05, 3.63) is 0 Å². The Morgan fingerprint density at radius 1 is 0.344 bits per heavy atom. The third-order valence-electron chi connectivity index (χ3n) is 31.6. The summed E-state index contributed by atoms with van der Waals surface area (Å²) in [7, 11) is 2.24. The molecule has 23 nitrogen and oxygen atoms in total. The zero-order valence-electron chi connectivity index (χ0n) is 87.9. The minimum atomic E-state index is -2.39. The summed E-state index contributed by atoms with van der Waals surface area (Å²) in [6, 6.07) is 11.7. The monoisotopic (exact) mass is 1810 g/mol. The highest BCUT2D eigenvalue weighted by Gasteiger charge is 2.40. The van der Waals surface area contributed by atoms with Crippen LogP contribution in [0.2, 0.25) is 0 Å². The van der Waals surface area contributed by atoms with E-state index in [-0.39, 0.29) is 18.9 Å². The number of likely N-dealkylation sites (tertiary alicyclic amines) is 1. The second-order valence-electron chi connectivity index (χ2n) is 44.9. The molecule has 1 unspecified atom stereocenters. The average Bonchev–Trinajstić information content (AvgIpc) is 1.64. The molecule has 16 rings (SSSR count). The zero-order valence-corrected chi connectivity index (χ0v) is 87.9. The number of amides is 1. The van der Waals surface area contributed by atoms with Gasteiger partial charge in [0.2, 0.25) is 5.92 Å². The van der Waals surface area contributed by atoms with Crippen LogP contribution in [-0.2, 0) is 14.2 Å². The molecule has 4 aliphatic carbocycles. The number of ether oxygens (including phenoxy) is 3. The topological polar surface area (TPSA) is 106 Å². The van der Waals surface area contributed by atoms with E-state index in [9.17, 15) is 13.6 Å². The largest absolute Gasteiger partial charge is 0.444 e. The molecular weight excluding hydrogens is 1610 g/mol. The molecule has 12 aliphatic heterocycles. The molecule has 0 bridgehead atoms. The second-order valence-corrected chi connectivity index (χ2v) is 44.9. The summed E-state index contributed by atoms with van der Waals surface area (Å²) in [5.41, 5.74) is -0.397. The molecule has 12 saturated heterocycles. The highest BCUT2D eigenvalue weighted by molar-refractivity contribution is 5.68. The Morgan fingerprint density at radius 2 is 0.633 bits per heavy atom. The van der Waals surface area contributed by atoms with Crippen molar-refractivity contribution < 1.29 is 27.8 Å². The van der Waals surface area contributed by atoms with E-state index in [2.05, 4.69) is 234 Å². The fourth-order valence-corrected chi connectivity index (χ4v) is 21.5. The van der Waals surface area contributed by atoms with Gasteiger partial charge in [-0.05, 0) is 262 Å². The number of halogens is 2. The summed E-state index contributed by atoms with van der Waals surface area (Å²) in [6.07, 6.45) is 18.3. The third kappa shape index (κ3) is 40.8. The molecule has 4 saturated carbocycles. The van der Waals surface area contributed by atoms with Crippen LogP contribution in [0.15, 0.2) is 0 Å². The minimum absolute atomic E-state index is 0.0854. The van der Waals surface area contributed by atoms with Crippen molar-refractivity contribution in [2.45, 2.75) is 370 Å². The summed E-state index contributed by atoms with van der Waals surface area (Å²) in [4.78, 5) is 59.9. The lowest BCUT2D eigenvalue weighted by Crippen LogP contribution is -2.57. The van der Waals surface area contributed by atoms with E-state index in [0.29, 0.717) is 49.1 Å². The maximum atomic E-state index is 13.1. The van der Waals surface area contributed by atoms with Crippen LogP contribution >= 0.6 is 0 Å². The summed E-state index contributed by atoms with van der Waals surface area (Å²) in [5, 5.41) is 0. The number of hydrogen-bond donors (Lipinski definition) is 0. The van der Waals surface area contributed by atoms with Crippen LogP contribution in [0.3, 0.4) is 0 Å². The molecule has 128 heavy (non-hydrogen) atoms. The highest BCUT2D eigenvalue weighted by Crippen LogP contribution is 2.36. The molecule has 0 spiro atoms. The van der Waals surface area contributed by atoms with Crippen LogP contribution in [0.5, 0.6) is 0 Å². The summed E-state index contributed by atoms with van der Waals surface area (Å²) in [6.45, 7) is 102. The first-order valence-corrected chi connectivity index (χ1v) is 53.7. The van der Waals surface area contributed by atoms with Gasteiger partial charge in [-0.3, -0.25) is 78.4 Å². The number of carbonyl (C=O) groups excluding carboxylic acids is 1. The van der Waals surface area contributed by atoms with Gasteiger partial charge in [0.25, 0.3) is 0 Å². The molecule has 25 heteroatoms. The maximum absolute atomic E-state index is 13.1. The number of nitrogens with zero attached hydrogens (tertiary/aromatic N) is 19. The van der Waals surface area contributed by atoms with E-state index >= 15 is 0 Å². The van der Waals surface area contributed by atoms with Crippen molar-refractivity contribution >= 4 is 6.09 Å². The summed E-state index contributed by atoms with van der Waals surface area (Å²) >= 11 is 0. The Bertz CT molecular complexity index is 2800. The lowest BCUT2D eigenvalue weighted by atomic mass is 9.91. The minimum Gasteiger partial charge on any atom is -0.444 e. The lowest BCUT2D eigenvalue weighted by molar-refractivity contribution is -0.0787. The van der Waals surface area contributed by atoms with Crippen LogP contribution in [0.1, 0.15) is 262 Å². The van der Waals surface area contributed by atoms with E-state index in [1.54, 1.807) is 4.90 Å². The van der Waals surface area contributed by atoms with Gasteiger partial charge >= 0.3 is 6.09 Å². The van der Waals surface area contributed by atoms with Gasteiger partial charge in [0.15, 0.2) is 0 Å². The number of alkyl halides is 2. The van der Waals surface area contributed by atoms with Crippen LogP contribution in [0.4, 0.5) is 13.6 Å². The van der Waals surface area contributed by atoms with Crippen LogP contribution < -0.4 is 0 Å². The lowest BCUT2D eigenvalue weighted by Gasteiger charge is -2.43. The van der Waals surface area contributed by atoms with E-state index in [1.165, 1.54) is 280 Å². The van der Waals surface area contributed by atoms with E-state index in [4.69, 9.17) is 14.2 Å². The molecule has 1 amide bonds. The van der Waals surface area contributed by atoms with Crippen molar-refractivity contribution in [2.24, 2.45) is 5.92 Å². The first-order chi connectivity index (χ1) is 60.9. The Kier molecular flexibility index (Phi) is 50.3. The van der Waals surface area contributed by atoms with Crippen molar-refractivity contribution in [1.29, 1.82) is 0 Å². The first kappa shape index (κ1) is 112. The van der Waals surface area contributed by atoms with Crippen LogP contribution in [0, 0.1) is 5.92 Å². The van der Waals surface area contributed by atoms with Gasteiger partial charge in [0.1, 0.15) is 5.60 Å². The molecule has 0 N–H and O–H groups in total. The zero-order chi connectivity index (χ0) is 93.2. The highest BCUT2D eigenvalue weighted by atomic mass is 19.3. The Labute approximate surface area is 787 Å². The fraction of sp³-hybridized carbons (Fsp3) is 0.990. The van der Waals surface area contributed by atoms with Gasteiger partial charge in [-0.25, -0.2) is 13.6 Å². The normalized spacial score (nSPS) is 26.8. The van der Waals surface area contributed by atoms with E-state index in [1.807, 2.05) is 20.8 Å². The molecule has 12 heterocycles. The maximum Gasteiger partial charge on any atom is 0.410 e. The number of rotatable bonds is 18. The van der Waals surface area contributed by atoms with Gasteiger partial charge in [0.05, 0.1) is 19.3 Å². The van der Waals surface area contributed by atoms with Crippen molar-refractivity contribution in [2.75, 3.05) is 289 Å². The van der Waals surface area contributed by atoms with Crippen molar-refractivity contribution in [3.8, 4) is 0 Å². The fourth-order valence-electron chi connectivity index (χ4n) is 21.5. The van der Waals surface area contributed by atoms with Gasteiger partial charge in [-0.15, -0.1) is 0 Å².